The molecule has 0 radical (unpaired) electrons. The highest BCUT2D eigenvalue weighted by Crippen LogP contribution is 2.63. The number of hydrogen-bond donors (Lipinski definition) is 1. The Kier molecular flexibility index (Phi) is 1.76. The van der Waals surface area contributed by atoms with Crippen LogP contribution < -0.4 is 5.32 Å². The minimum absolute atomic E-state index is 0.259. The standard InChI is InChI=1S/C11H17NO2/c1-14-11(13)12-8-3-6-2-7(4-8)10-5-9(6)10/h6-10H,2-5H2,1H3,(H,12,13). The number of carbonyl (C=O) groups excluding carboxylic acids is 1. The Morgan fingerprint density at radius 2 is 1.79 bits per heavy atom. The van der Waals surface area contributed by atoms with E-state index in [2.05, 4.69) is 10.1 Å². The van der Waals surface area contributed by atoms with Gasteiger partial charge in [0.2, 0.25) is 0 Å². The van der Waals surface area contributed by atoms with Gasteiger partial charge >= 0.3 is 6.09 Å². The van der Waals surface area contributed by atoms with E-state index in [0.29, 0.717) is 6.04 Å². The van der Waals surface area contributed by atoms with E-state index in [1.807, 2.05) is 0 Å². The molecule has 14 heavy (non-hydrogen) atoms. The van der Waals surface area contributed by atoms with Gasteiger partial charge in [-0.1, -0.05) is 0 Å². The summed E-state index contributed by atoms with van der Waals surface area (Å²) < 4.78 is 4.63. The number of alkyl carbamates (subject to hydrolysis) is 1. The van der Waals surface area contributed by atoms with E-state index in [0.717, 1.165) is 23.7 Å². The molecule has 3 saturated carbocycles. The van der Waals surface area contributed by atoms with Crippen LogP contribution in [-0.2, 0) is 4.74 Å². The number of rotatable bonds is 1. The second-order valence-electron chi connectivity index (χ2n) is 5.12. The molecule has 3 nitrogen and oxygen atoms in total. The fraction of sp³-hybridized carbons (Fsp3) is 0.909. The maximum atomic E-state index is 11.1. The van der Waals surface area contributed by atoms with Gasteiger partial charge < -0.3 is 10.1 Å². The van der Waals surface area contributed by atoms with Crippen molar-refractivity contribution in [2.24, 2.45) is 23.7 Å². The van der Waals surface area contributed by atoms with E-state index in [4.69, 9.17) is 0 Å². The Morgan fingerprint density at radius 1 is 1.14 bits per heavy atom. The zero-order chi connectivity index (χ0) is 9.71. The fourth-order valence-corrected chi connectivity index (χ4v) is 3.77. The molecule has 0 spiro atoms. The maximum absolute atomic E-state index is 11.1. The first-order valence-corrected chi connectivity index (χ1v) is 5.62. The predicted molar refractivity (Wildman–Crippen MR) is 51.8 cm³/mol. The zero-order valence-corrected chi connectivity index (χ0v) is 8.53. The largest absolute Gasteiger partial charge is 0.453 e. The highest BCUT2D eigenvalue weighted by atomic mass is 16.5. The van der Waals surface area contributed by atoms with Crippen LogP contribution in [0.5, 0.6) is 0 Å². The summed E-state index contributed by atoms with van der Waals surface area (Å²) in [6, 6.07) is 0.388. The van der Waals surface area contributed by atoms with Crippen LogP contribution in [0.15, 0.2) is 0 Å². The Morgan fingerprint density at radius 3 is 2.36 bits per heavy atom. The molecule has 3 aliphatic rings. The first-order valence-electron chi connectivity index (χ1n) is 5.62. The van der Waals surface area contributed by atoms with Crippen LogP contribution in [0.4, 0.5) is 4.79 Å². The lowest BCUT2D eigenvalue weighted by molar-refractivity contribution is 0.155. The number of amides is 1. The summed E-state index contributed by atoms with van der Waals surface area (Å²) in [5.41, 5.74) is 0. The first kappa shape index (κ1) is 8.57. The van der Waals surface area contributed by atoms with Gasteiger partial charge in [0.25, 0.3) is 0 Å². The zero-order valence-electron chi connectivity index (χ0n) is 8.53. The molecule has 1 N–H and O–H groups in total. The topological polar surface area (TPSA) is 38.3 Å². The van der Waals surface area contributed by atoms with Gasteiger partial charge in [-0.15, -0.1) is 0 Å². The molecule has 3 rings (SSSR count). The van der Waals surface area contributed by atoms with Gasteiger partial charge in [-0.25, -0.2) is 4.79 Å². The van der Waals surface area contributed by atoms with Gasteiger partial charge in [0, 0.05) is 6.04 Å². The number of fused-ring (bicyclic) bond motifs is 5. The van der Waals surface area contributed by atoms with E-state index < -0.39 is 0 Å². The maximum Gasteiger partial charge on any atom is 0.407 e. The smallest absolute Gasteiger partial charge is 0.407 e. The predicted octanol–water partition coefficient (Wildman–Crippen LogP) is 1.78. The van der Waals surface area contributed by atoms with E-state index >= 15 is 0 Å². The van der Waals surface area contributed by atoms with Crippen molar-refractivity contribution < 1.29 is 9.53 Å². The van der Waals surface area contributed by atoms with E-state index in [1.54, 1.807) is 0 Å². The molecule has 0 aromatic rings. The molecule has 3 heteroatoms. The van der Waals surface area contributed by atoms with Crippen molar-refractivity contribution in [3.05, 3.63) is 0 Å². The van der Waals surface area contributed by atoms with Crippen molar-refractivity contribution in [3.8, 4) is 0 Å². The third-order valence-electron chi connectivity index (χ3n) is 4.39. The molecule has 78 valence electrons. The van der Waals surface area contributed by atoms with Crippen molar-refractivity contribution in [1.82, 2.24) is 5.32 Å². The molecule has 0 aliphatic heterocycles. The normalized spacial score (nSPS) is 48.2. The summed E-state index contributed by atoms with van der Waals surface area (Å²) in [5, 5.41) is 2.95. The highest BCUT2D eigenvalue weighted by Gasteiger charge is 2.56. The van der Waals surface area contributed by atoms with Crippen molar-refractivity contribution in [1.29, 1.82) is 0 Å². The molecular weight excluding hydrogens is 178 g/mol. The molecule has 0 aromatic carbocycles. The van der Waals surface area contributed by atoms with Crippen LogP contribution in [0.3, 0.4) is 0 Å². The average molecular weight is 195 g/mol. The second kappa shape index (κ2) is 2.88. The third-order valence-corrected chi connectivity index (χ3v) is 4.39. The monoisotopic (exact) mass is 195 g/mol. The molecule has 0 aromatic heterocycles. The Bertz CT molecular complexity index is 250. The summed E-state index contributed by atoms with van der Waals surface area (Å²) in [6.07, 6.45) is 5.01. The molecule has 4 unspecified atom stereocenters. The van der Waals surface area contributed by atoms with Gasteiger partial charge in [-0.05, 0) is 49.4 Å². The van der Waals surface area contributed by atoms with Crippen molar-refractivity contribution in [3.63, 3.8) is 0 Å². The quantitative estimate of drug-likeness (QED) is 0.692. The minimum atomic E-state index is -0.259. The van der Waals surface area contributed by atoms with Crippen molar-refractivity contribution in [2.45, 2.75) is 31.7 Å². The molecule has 4 atom stereocenters. The molecule has 3 fully saturated rings. The molecule has 0 heterocycles. The van der Waals surface area contributed by atoms with E-state index in [1.165, 1.54) is 32.8 Å². The number of nitrogens with one attached hydrogen (secondary N) is 1. The highest BCUT2D eigenvalue weighted by molar-refractivity contribution is 5.67. The lowest BCUT2D eigenvalue weighted by atomic mass is 9.81. The van der Waals surface area contributed by atoms with Crippen LogP contribution in [0.1, 0.15) is 25.7 Å². The van der Waals surface area contributed by atoms with Gasteiger partial charge in [-0.2, -0.15) is 0 Å². The van der Waals surface area contributed by atoms with E-state index in [9.17, 15) is 4.79 Å². The average Bonchev–Trinajstić information content (AvgIpc) is 2.92. The first-order chi connectivity index (χ1) is 6.78. The Hall–Kier alpha value is -0.730. The number of methoxy groups -OCH3 is 1. The molecule has 2 bridgehead atoms. The molecular formula is C11H17NO2. The van der Waals surface area contributed by atoms with Crippen LogP contribution >= 0.6 is 0 Å². The van der Waals surface area contributed by atoms with Crippen LogP contribution in [-0.4, -0.2) is 19.2 Å². The van der Waals surface area contributed by atoms with E-state index in [-0.39, 0.29) is 6.09 Å². The number of hydrogen-bond acceptors (Lipinski definition) is 2. The summed E-state index contributed by atoms with van der Waals surface area (Å²) in [5.74, 6) is 3.84. The van der Waals surface area contributed by atoms with Gasteiger partial charge in [0.1, 0.15) is 0 Å². The van der Waals surface area contributed by atoms with Gasteiger partial charge in [0.15, 0.2) is 0 Å². The minimum Gasteiger partial charge on any atom is -0.453 e. The Balaban J connectivity index is 1.61. The van der Waals surface area contributed by atoms with Crippen molar-refractivity contribution >= 4 is 6.09 Å². The Labute approximate surface area is 84.2 Å². The fourth-order valence-electron chi connectivity index (χ4n) is 3.77. The summed E-state index contributed by atoms with van der Waals surface area (Å²) >= 11 is 0. The summed E-state index contributed by atoms with van der Waals surface area (Å²) in [6.45, 7) is 0. The summed E-state index contributed by atoms with van der Waals surface area (Å²) in [7, 11) is 1.43. The molecule has 1 amide bonds. The lowest BCUT2D eigenvalue weighted by Gasteiger charge is -2.30. The summed E-state index contributed by atoms with van der Waals surface area (Å²) in [4.78, 5) is 11.1. The van der Waals surface area contributed by atoms with Gasteiger partial charge in [0.05, 0.1) is 7.11 Å². The number of ether oxygens (including phenoxy) is 1. The van der Waals surface area contributed by atoms with Gasteiger partial charge in [-0.3, -0.25) is 0 Å². The lowest BCUT2D eigenvalue weighted by Crippen LogP contribution is -2.39. The third kappa shape index (κ3) is 1.22. The van der Waals surface area contributed by atoms with Crippen LogP contribution in [0.25, 0.3) is 0 Å². The molecule has 3 aliphatic carbocycles. The van der Waals surface area contributed by atoms with Crippen molar-refractivity contribution in [2.75, 3.05) is 7.11 Å². The molecule has 0 saturated heterocycles. The second-order valence-corrected chi connectivity index (χ2v) is 5.12. The SMILES string of the molecule is COC(=O)NC1CC2CC(C1)C1CC21. The van der Waals surface area contributed by atoms with Crippen LogP contribution in [0, 0.1) is 23.7 Å². The van der Waals surface area contributed by atoms with Crippen LogP contribution in [0.2, 0.25) is 0 Å². The number of carbonyl (C=O) groups is 1.